The number of nitrogens with zero attached hydrogens (tertiary/aromatic N) is 2. The van der Waals surface area contributed by atoms with Gasteiger partial charge in [-0.25, -0.2) is 9.78 Å². The van der Waals surface area contributed by atoms with E-state index >= 15 is 0 Å². The second-order valence-corrected chi connectivity index (χ2v) is 7.22. The number of H-pyrrole nitrogens is 1. The highest BCUT2D eigenvalue weighted by Crippen LogP contribution is 2.27. The lowest BCUT2D eigenvalue weighted by Crippen LogP contribution is -2.44. The zero-order valence-electron chi connectivity index (χ0n) is 15.5. The van der Waals surface area contributed by atoms with Crippen molar-refractivity contribution < 1.29 is 4.79 Å². The molecule has 0 spiro atoms. The van der Waals surface area contributed by atoms with Gasteiger partial charge in [0.05, 0.1) is 11.0 Å². The number of carbonyl (C=O) groups excluding carboxylic acids is 1. The van der Waals surface area contributed by atoms with Crippen molar-refractivity contribution in [2.24, 2.45) is 0 Å². The Balaban J connectivity index is 1.22. The zero-order valence-corrected chi connectivity index (χ0v) is 15.5. The number of nitrogens with one attached hydrogen (secondary N) is 2. The van der Waals surface area contributed by atoms with Crippen LogP contribution in [-0.2, 0) is 6.42 Å². The maximum Gasteiger partial charge on any atom is 0.317 e. The second kappa shape index (κ2) is 8.25. The Hall–Kier alpha value is -2.82. The fourth-order valence-electron chi connectivity index (χ4n) is 3.77. The van der Waals surface area contributed by atoms with Crippen molar-refractivity contribution in [3.63, 3.8) is 0 Å². The Morgan fingerprint density at radius 2 is 1.81 bits per heavy atom. The van der Waals surface area contributed by atoms with Crippen LogP contribution in [0.4, 0.5) is 4.79 Å². The van der Waals surface area contributed by atoms with Gasteiger partial charge in [-0.1, -0.05) is 42.5 Å². The largest absolute Gasteiger partial charge is 0.342 e. The molecule has 1 aliphatic heterocycles. The second-order valence-electron chi connectivity index (χ2n) is 7.22. The van der Waals surface area contributed by atoms with E-state index < -0.39 is 0 Å². The molecule has 0 atom stereocenters. The molecule has 140 valence electrons. The van der Waals surface area contributed by atoms with Gasteiger partial charge < -0.3 is 15.2 Å². The number of fused-ring (bicyclic) bond motifs is 1. The first-order valence-corrected chi connectivity index (χ1v) is 9.81. The maximum atomic E-state index is 12.4. The van der Waals surface area contributed by atoms with Crippen LogP contribution in [0.25, 0.3) is 11.0 Å². The average Bonchev–Trinajstić information content (AvgIpc) is 3.16. The van der Waals surface area contributed by atoms with Crippen molar-refractivity contribution in [2.75, 3.05) is 19.6 Å². The van der Waals surface area contributed by atoms with Crippen molar-refractivity contribution in [2.45, 2.75) is 31.6 Å². The minimum atomic E-state index is 0.0612. The van der Waals surface area contributed by atoms with Gasteiger partial charge in [0.15, 0.2) is 0 Å². The number of para-hydroxylation sites is 2. The molecule has 2 N–H and O–H groups in total. The van der Waals surface area contributed by atoms with Gasteiger partial charge in [-0.3, -0.25) is 0 Å². The highest BCUT2D eigenvalue weighted by atomic mass is 16.2. The number of imidazole rings is 1. The van der Waals surface area contributed by atoms with Crippen molar-refractivity contribution >= 4 is 17.1 Å². The van der Waals surface area contributed by atoms with Gasteiger partial charge in [0, 0.05) is 25.6 Å². The van der Waals surface area contributed by atoms with E-state index in [0.29, 0.717) is 5.92 Å². The molecule has 2 aromatic carbocycles. The molecule has 0 saturated carbocycles. The first-order chi connectivity index (χ1) is 13.3. The molecule has 0 unspecified atom stereocenters. The van der Waals surface area contributed by atoms with E-state index in [-0.39, 0.29) is 6.03 Å². The van der Waals surface area contributed by atoms with Gasteiger partial charge in [-0.2, -0.15) is 0 Å². The number of benzene rings is 2. The Morgan fingerprint density at radius 3 is 2.59 bits per heavy atom. The zero-order chi connectivity index (χ0) is 18.5. The summed E-state index contributed by atoms with van der Waals surface area (Å²) >= 11 is 0. The lowest BCUT2D eigenvalue weighted by Gasteiger charge is -2.31. The van der Waals surface area contributed by atoms with Crippen LogP contribution in [0.15, 0.2) is 54.6 Å². The molecule has 0 bridgehead atoms. The molecule has 27 heavy (non-hydrogen) atoms. The third-order valence-corrected chi connectivity index (χ3v) is 5.34. The van der Waals surface area contributed by atoms with Crippen molar-refractivity contribution in [3.8, 4) is 0 Å². The molecule has 1 fully saturated rings. The van der Waals surface area contributed by atoms with Gasteiger partial charge in [-0.15, -0.1) is 0 Å². The topological polar surface area (TPSA) is 61.0 Å². The van der Waals surface area contributed by atoms with Crippen molar-refractivity contribution in [1.82, 2.24) is 20.2 Å². The van der Waals surface area contributed by atoms with Crippen molar-refractivity contribution in [3.05, 3.63) is 66.0 Å². The van der Waals surface area contributed by atoms with Crippen LogP contribution >= 0.6 is 0 Å². The van der Waals surface area contributed by atoms with E-state index in [4.69, 9.17) is 4.98 Å². The Bertz CT molecular complexity index is 848. The summed E-state index contributed by atoms with van der Waals surface area (Å²) in [4.78, 5) is 22.5. The third-order valence-electron chi connectivity index (χ3n) is 5.34. The molecule has 3 aromatic rings. The molecule has 5 heteroatoms. The number of amides is 2. The minimum absolute atomic E-state index is 0.0612. The highest BCUT2D eigenvalue weighted by Gasteiger charge is 2.25. The first-order valence-electron chi connectivity index (χ1n) is 9.81. The van der Waals surface area contributed by atoms with Gasteiger partial charge in [0.25, 0.3) is 0 Å². The number of rotatable bonds is 5. The van der Waals surface area contributed by atoms with Crippen LogP contribution < -0.4 is 5.32 Å². The summed E-state index contributed by atoms with van der Waals surface area (Å²) in [6.07, 6.45) is 3.87. The summed E-state index contributed by atoms with van der Waals surface area (Å²) in [7, 11) is 0. The van der Waals surface area contributed by atoms with Crippen LogP contribution in [0.3, 0.4) is 0 Å². The highest BCUT2D eigenvalue weighted by molar-refractivity contribution is 5.75. The monoisotopic (exact) mass is 362 g/mol. The van der Waals surface area contributed by atoms with E-state index in [1.807, 2.05) is 29.2 Å². The van der Waals surface area contributed by atoms with Gasteiger partial charge in [0.2, 0.25) is 0 Å². The fourth-order valence-corrected chi connectivity index (χ4v) is 3.77. The summed E-state index contributed by atoms with van der Waals surface area (Å²) in [5.41, 5.74) is 3.43. The molecule has 2 heterocycles. The summed E-state index contributed by atoms with van der Waals surface area (Å²) in [5, 5.41) is 3.06. The van der Waals surface area contributed by atoms with Crippen LogP contribution in [0.5, 0.6) is 0 Å². The lowest BCUT2D eigenvalue weighted by atomic mass is 9.96. The maximum absolute atomic E-state index is 12.4. The number of hydrogen-bond acceptors (Lipinski definition) is 2. The Morgan fingerprint density at radius 1 is 1.07 bits per heavy atom. The molecule has 1 saturated heterocycles. The van der Waals surface area contributed by atoms with Crippen LogP contribution in [0.2, 0.25) is 0 Å². The van der Waals surface area contributed by atoms with E-state index in [9.17, 15) is 4.79 Å². The first kappa shape index (κ1) is 17.6. The number of piperidine rings is 1. The molecule has 1 aromatic heterocycles. The molecule has 5 nitrogen and oxygen atoms in total. The molecule has 4 rings (SSSR count). The smallest absolute Gasteiger partial charge is 0.317 e. The van der Waals surface area contributed by atoms with E-state index in [1.165, 1.54) is 5.56 Å². The van der Waals surface area contributed by atoms with Gasteiger partial charge >= 0.3 is 6.03 Å². The van der Waals surface area contributed by atoms with E-state index in [2.05, 4.69) is 40.6 Å². The summed E-state index contributed by atoms with van der Waals surface area (Å²) in [5.74, 6) is 1.46. The fraction of sp³-hybridized carbons (Fsp3) is 0.364. The number of urea groups is 1. The molecule has 0 aliphatic carbocycles. The number of aromatic nitrogens is 2. The van der Waals surface area contributed by atoms with Gasteiger partial charge in [-0.05, 0) is 43.4 Å². The number of carbonyl (C=O) groups is 1. The average molecular weight is 362 g/mol. The van der Waals surface area contributed by atoms with E-state index in [0.717, 1.165) is 62.2 Å². The molecule has 2 amide bonds. The van der Waals surface area contributed by atoms with Crippen LogP contribution in [0, 0.1) is 0 Å². The summed E-state index contributed by atoms with van der Waals surface area (Å²) in [6.45, 7) is 2.29. The van der Waals surface area contributed by atoms with Crippen LogP contribution in [0.1, 0.15) is 36.6 Å². The Kier molecular flexibility index (Phi) is 5.37. The molecular formula is C22H26N4O. The van der Waals surface area contributed by atoms with Gasteiger partial charge in [0.1, 0.15) is 5.82 Å². The number of aromatic amines is 1. The molecule has 1 aliphatic rings. The predicted octanol–water partition coefficient (Wildman–Crippen LogP) is 4.08. The van der Waals surface area contributed by atoms with E-state index in [1.54, 1.807) is 0 Å². The van der Waals surface area contributed by atoms with Crippen LogP contribution in [-0.4, -0.2) is 40.5 Å². The predicted molar refractivity (Wildman–Crippen MR) is 108 cm³/mol. The number of hydrogen-bond donors (Lipinski definition) is 2. The SMILES string of the molecule is O=C(NCCCc1ccccc1)N1CCC(c2nc3ccccc3[nH]2)CC1. The minimum Gasteiger partial charge on any atom is -0.342 e. The number of likely N-dealkylation sites (tertiary alicyclic amines) is 1. The summed E-state index contributed by atoms with van der Waals surface area (Å²) in [6, 6.07) is 18.6. The molecular weight excluding hydrogens is 336 g/mol. The van der Waals surface area contributed by atoms with Crippen molar-refractivity contribution in [1.29, 1.82) is 0 Å². The standard InChI is InChI=1S/C22H26N4O/c27-22(23-14-6-9-17-7-2-1-3-8-17)26-15-12-18(13-16-26)21-24-19-10-4-5-11-20(19)25-21/h1-5,7-8,10-11,18H,6,9,12-16H2,(H,23,27)(H,24,25). The normalized spacial score (nSPS) is 15.2. The lowest BCUT2D eigenvalue weighted by molar-refractivity contribution is 0.180. The Labute approximate surface area is 159 Å². The molecule has 0 radical (unpaired) electrons. The number of aryl methyl sites for hydroxylation is 1. The summed E-state index contributed by atoms with van der Waals surface area (Å²) < 4.78 is 0. The third kappa shape index (κ3) is 4.30. The quantitative estimate of drug-likeness (QED) is 0.672.